The minimum atomic E-state index is -0.162. The van der Waals surface area contributed by atoms with Gasteiger partial charge in [0.2, 0.25) is 0 Å². The number of ether oxygens (including phenoxy) is 1. The minimum absolute atomic E-state index is 0.0418. The van der Waals surface area contributed by atoms with E-state index in [-0.39, 0.29) is 12.5 Å². The Labute approximate surface area is 163 Å². The Morgan fingerprint density at radius 1 is 1.07 bits per heavy atom. The number of hydrogen-bond donors (Lipinski definition) is 2. The number of nitrogens with one attached hydrogen (secondary N) is 2. The number of rotatable bonds is 7. The summed E-state index contributed by atoms with van der Waals surface area (Å²) in [4.78, 5) is 16.5. The van der Waals surface area contributed by atoms with Crippen LogP contribution in [0.1, 0.15) is 5.69 Å². The van der Waals surface area contributed by atoms with Crippen molar-refractivity contribution < 1.29 is 9.53 Å². The molecular weight excluding hydrogens is 352 g/mol. The Morgan fingerprint density at radius 3 is 2.86 bits per heavy atom. The van der Waals surface area contributed by atoms with Gasteiger partial charge in [-0.3, -0.25) is 4.79 Å². The minimum Gasteiger partial charge on any atom is -0.480 e. The van der Waals surface area contributed by atoms with Gasteiger partial charge in [0.25, 0.3) is 5.91 Å². The number of fused-ring (bicyclic) bond motifs is 2. The van der Waals surface area contributed by atoms with Crippen LogP contribution in [0.25, 0.3) is 16.4 Å². The van der Waals surface area contributed by atoms with E-state index in [1.165, 1.54) is 10.8 Å². The number of benzene rings is 2. The molecule has 142 valence electrons. The van der Waals surface area contributed by atoms with Crippen LogP contribution < -0.4 is 15.4 Å². The molecular formula is C22H22N4O2. The first-order valence-corrected chi connectivity index (χ1v) is 9.26. The van der Waals surface area contributed by atoms with Crippen LogP contribution in [0.15, 0.2) is 67.0 Å². The third kappa shape index (κ3) is 3.91. The van der Waals surface area contributed by atoms with Crippen molar-refractivity contribution in [3.8, 4) is 5.75 Å². The van der Waals surface area contributed by atoms with Crippen LogP contribution in [-0.4, -0.2) is 35.0 Å². The van der Waals surface area contributed by atoms with E-state index in [9.17, 15) is 4.79 Å². The molecule has 0 saturated heterocycles. The highest BCUT2D eigenvalue weighted by atomic mass is 16.5. The molecule has 0 aliphatic rings. The average Bonchev–Trinajstić information content (AvgIpc) is 3.10. The summed E-state index contributed by atoms with van der Waals surface area (Å²) in [5.41, 5.74) is 2.68. The fourth-order valence-corrected chi connectivity index (χ4v) is 3.20. The van der Waals surface area contributed by atoms with Gasteiger partial charge in [-0.05, 0) is 30.5 Å². The summed E-state index contributed by atoms with van der Waals surface area (Å²) in [6.45, 7) is 3.03. The van der Waals surface area contributed by atoms with Crippen LogP contribution in [0.2, 0.25) is 0 Å². The number of aromatic nitrogens is 2. The van der Waals surface area contributed by atoms with Crippen molar-refractivity contribution in [3.63, 3.8) is 0 Å². The van der Waals surface area contributed by atoms with Crippen LogP contribution >= 0.6 is 0 Å². The molecule has 0 radical (unpaired) electrons. The van der Waals surface area contributed by atoms with Gasteiger partial charge in [0.15, 0.2) is 18.0 Å². The van der Waals surface area contributed by atoms with Gasteiger partial charge in [-0.2, -0.15) is 0 Å². The molecule has 4 aromatic rings. The summed E-state index contributed by atoms with van der Waals surface area (Å²) < 4.78 is 7.54. The molecule has 4 rings (SSSR count). The zero-order valence-corrected chi connectivity index (χ0v) is 15.7. The number of aryl methyl sites for hydroxylation is 1. The average molecular weight is 374 g/mol. The quantitative estimate of drug-likeness (QED) is 0.487. The molecule has 2 aromatic carbocycles. The first kappa shape index (κ1) is 17.9. The SMILES string of the molecule is Cc1cn2cccc(OCC(=O)NCCNc3cccc4ccccc34)c2n1. The Kier molecular flexibility index (Phi) is 5.10. The van der Waals surface area contributed by atoms with Gasteiger partial charge in [0.05, 0.1) is 5.69 Å². The van der Waals surface area contributed by atoms with Crippen molar-refractivity contribution in [1.82, 2.24) is 14.7 Å². The number of amides is 1. The molecule has 6 heteroatoms. The van der Waals surface area contributed by atoms with Gasteiger partial charge >= 0.3 is 0 Å². The smallest absolute Gasteiger partial charge is 0.258 e. The summed E-state index contributed by atoms with van der Waals surface area (Å²) in [5, 5.41) is 8.60. The zero-order chi connectivity index (χ0) is 19.3. The van der Waals surface area contributed by atoms with Crippen molar-refractivity contribution in [2.75, 3.05) is 25.0 Å². The number of anilines is 1. The highest BCUT2D eigenvalue weighted by molar-refractivity contribution is 5.93. The van der Waals surface area contributed by atoms with E-state index >= 15 is 0 Å². The first-order valence-electron chi connectivity index (χ1n) is 9.26. The van der Waals surface area contributed by atoms with Crippen LogP contribution in [0, 0.1) is 6.92 Å². The number of carbonyl (C=O) groups excluding carboxylic acids is 1. The number of imidazole rings is 1. The molecule has 0 aliphatic heterocycles. The van der Waals surface area contributed by atoms with Gasteiger partial charge in [0.1, 0.15) is 0 Å². The van der Waals surface area contributed by atoms with Crippen molar-refractivity contribution in [2.24, 2.45) is 0 Å². The maximum absolute atomic E-state index is 12.1. The molecule has 0 atom stereocenters. The fraction of sp³-hybridized carbons (Fsp3) is 0.182. The van der Waals surface area contributed by atoms with Gasteiger partial charge in [-0.15, -0.1) is 0 Å². The fourth-order valence-electron chi connectivity index (χ4n) is 3.20. The second kappa shape index (κ2) is 8.00. The van der Waals surface area contributed by atoms with Crippen molar-refractivity contribution in [2.45, 2.75) is 6.92 Å². The molecule has 0 unspecified atom stereocenters. The topological polar surface area (TPSA) is 67.7 Å². The highest BCUT2D eigenvalue weighted by Gasteiger charge is 2.08. The van der Waals surface area contributed by atoms with Crippen LogP contribution in [0.3, 0.4) is 0 Å². The number of carbonyl (C=O) groups is 1. The summed E-state index contributed by atoms with van der Waals surface area (Å²) >= 11 is 0. The lowest BCUT2D eigenvalue weighted by molar-refractivity contribution is -0.122. The third-order valence-electron chi connectivity index (χ3n) is 4.48. The van der Waals surface area contributed by atoms with Crippen LogP contribution in [0.4, 0.5) is 5.69 Å². The molecule has 28 heavy (non-hydrogen) atoms. The van der Waals surface area contributed by atoms with Crippen molar-refractivity contribution in [3.05, 3.63) is 72.7 Å². The number of nitrogens with zero attached hydrogens (tertiary/aromatic N) is 2. The van der Waals surface area contributed by atoms with E-state index in [0.717, 1.165) is 11.4 Å². The maximum Gasteiger partial charge on any atom is 0.258 e. The summed E-state index contributed by atoms with van der Waals surface area (Å²) in [6, 6.07) is 18.1. The van der Waals surface area contributed by atoms with E-state index in [0.29, 0.717) is 24.5 Å². The predicted molar refractivity (Wildman–Crippen MR) is 111 cm³/mol. The monoisotopic (exact) mass is 374 g/mol. The lowest BCUT2D eigenvalue weighted by Gasteiger charge is -2.11. The molecule has 0 fully saturated rings. The first-order chi connectivity index (χ1) is 13.7. The van der Waals surface area contributed by atoms with E-state index in [4.69, 9.17) is 4.74 Å². The highest BCUT2D eigenvalue weighted by Crippen LogP contribution is 2.22. The molecule has 2 aromatic heterocycles. The Balaban J connectivity index is 1.27. The molecule has 6 nitrogen and oxygen atoms in total. The maximum atomic E-state index is 12.1. The van der Waals surface area contributed by atoms with Gasteiger partial charge in [-0.1, -0.05) is 36.4 Å². The molecule has 0 bridgehead atoms. The van der Waals surface area contributed by atoms with Crippen molar-refractivity contribution >= 4 is 28.0 Å². The second-order valence-electron chi connectivity index (χ2n) is 6.58. The molecule has 2 N–H and O–H groups in total. The van der Waals surface area contributed by atoms with E-state index in [1.807, 2.05) is 60.1 Å². The lowest BCUT2D eigenvalue weighted by Crippen LogP contribution is -2.32. The summed E-state index contributed by atoms with van der Waals surface area (Å²) in [5.74, 6) is 0.435. The van der Waals surface area contributed by atoms with Crippen LogP contribution in [0.5, 0.6) is 5.75 Å². The Bertz CT molecular complexity index is 1110. The number of pyridine rings is 1. The predicted octanol–water partition coefficient (Wildman–Crippen LogP) is 3.40. The number of hydrogen-bond acceptors (Lipinski definition) is 4. The van der Waals surface area contributed by atoms with Gasteiger partial charge < -0.3 is 19.8 Å². The summed E-state index contributed by atoms with van der Waals surface area (Å²) in [6.07, 6.45) is 3.82. The van der Waals surface area contributed by atoms with E-state index in [2.05, 4.69) is 33.8 Å². The van der Waals surface area contributed by atoms with Crippen LogP contribution in [-0.2, 0) is 4.79 Å². The van der Waals surface area contributed by atoms with Gasteiger partial charge in [-0.25, -0.2) is 4.98 Å². The molecule has 0 spiro atoms. The van der Waals surface area contributed by atoms with E-state index < -0.39 is 0 Å². The normalized spacial score (nSPS) is 10.9. The Morgan fingerprint density at radius 2 is 1.93 bits per heavy atom. The molecule has 2 heterocycles. The lowest BCUT2D eigenvalue weighted by atomic mass is 10.1. The standard InChI is InChI=1S/C22H22N4O2/c1-16-14-26-13-5-10-20(22(26)25-16)28-15-21(27)24-12-11-23-19-9-4-7-17-6-2-3-8-18(17)19/h2-10,13-14,23H,11-12,15H2,1H3,(H,24,27). The molecule has 0 saturated carbocycles. The zero-order valence-electron chi connectivity index (χ0n) is 15.7. The molecule has 1 amide bonds. The van der Waals surface area contributed by atoms with Crippen molar-refractivity contribution in [1.29, 1.82) is 0 Å². The summed E-state index contributed by atoms with van der Waals surface area (Å²) in [7, 11) is 0. The largest absolute Gasteiger partial charge is 0.480 e. The Hall–Kier alpha value is -3.54. The second-order valence-corrected chi connectivity index (χ2v) is 6.58. The van der Waals surface area contributed by atoms with Gasteiger partial charge in [0, 0.05) is 36.6 Å². The third-order valence-corrected chi connectivity index (χ3v) is 4.48. The molecule has 0 aliphatic carbocycles. The van der Waals surface area contributed by atoms with E-state index in [1.54, 1.807) is 0 Å².